The summed E-state index contributed by atoms with van der Waals surface area (Å²) in [6.45, 7) is 9.78. The summed E-state index contributed by atoms with van der Waals surface area (Å²) in [5.41, 5.74) is 8.04. The molecular formula is C13H21NO. The highest BCUT2D eigenvalue weighted by Gasteiger charge is 2.14. The second-order valence-corrected chi connectivity index (χ2v) is 4.87. The maximum atomic E-state index is 5.60. The Hall–Kier alpha value is -1.02. The van der Waals surface area contributed by atoms with Crippen LogP contribution in [0, 0.1) is 6.92 Å². The Balaban J connectivity index is 2.95. The molecule has 0 fully saturated rings. The highest BCUT2D eigenvalue weighted by molar-refractivity contribution is 5.39. The minimum absolute atomic E-state index is 0.161. The highest BCUT2D eigenvalue weighted by atomic mass is 16.5. The van der Waals surface area contributed by atoms with Crippen molar-refractivity contribution in [2.45, 2.75) is 33.1 Å². The topological polar surface area (TPSA) is 35.2 Å². The Kier molecular flexibility index (Phi) is 3.75. The summed E-state index contributed by atoms with van der Waals surface area (Å²) >= 11 is 0. The van der Waals surface area contributed by atoms with Crippen molar-refractivity contribution in [3.05, 3.63) is 29.3 Å². The lowest BCUT2D eigenvalue weighted by atomic mass is 9.86. The zero-order valence-electron chi connectivity index (χ0n) is 10.1. The van der Waals surface area contributed by atoms with E-state index in [9.17, 15) is 0 Å². The predicted octanol–water partition coefficient (Wildman–Crippen LogP) is 2.63. The van der Waals surface area contributed by atoms with Gasteiger partial charge in [0.05, 0.1) is 0 Å². The van der Waals surface area contributed by atoms with Gasteiger partial charge >= 0.3 is 0 Å². The van der Waals surface area contributed by atoms with Crippen LogP contribution in [0.2, 0.25) is 0 Å². The second-order valence-electron chi connectivity index (χ2n) is 4.87. The molecule has 1 aromatic carbocycles. The van der Waals surface area contributed by atoms with Gasteiger partial charge in [0.25, 0.3) is 0 Å². The third-order valence-electron chi connectivity index (χ3n) is 2.43. The third-order valence-corrected chi connectivity index (χ3v) is 2.43. The van der Waals surface area contributed by atoms with Crippen LogP contribution >= 0.6 is 0 Å². The third kappa shape index (κ3) is 3.24. The van der Waals surface area contributed by atoms with E-state index in [1.54, 1.807) is 0 Å². The molecule has 84 valence electrons. The first-order chi connectivity index (χ1) is 6.95. The predicted molar refractivity (Wildman–Crippen MR) is 64.4 cm³/mol. The molecule has 2 nitrogen and oxygen atoms in total. The first-order valence-corrected chi connectivity index (χ1v) is 5.39. The average Bonchev–Trinajstić information content (AvgIpc) is 2.15. The summed E-state index contributed by atoms with van der Waals surface area (Å²) in [5, 5.41) is 0. The quantitative estimate of drug-likeness (QED) is 0.827. The van der Waals surface area contributed by atoms with E-state index in [-0.39, 0.29) is 5.41 Å². The average molecular weight is 207 g/mol. The summed E-state index contributed by atoms with van der Waals surface area (Å²) in [6.07, 6.45) is 0. The van der Waals surface area contributed by atoms with E-state index in [0.717, 1.165) is 11.3 Å². The molecule has 0 aliphatic rings. The minimum atomic E-state index is 0.161. The molecule has 0 saturated carbocycles. The number of aryl methyl sites for hydroxylation is 1. The molecule has 0 atom stereocenters. The number of ether oxygens (including phenoxy) is 1. The van der Waals surface area contributed by atoms with Crippen LogP contribution in [0.4, 0.5) is 0 Å². The van der Waals surface area contributed by atoms with Crippen molar-refractivity contribution in [3.8, 4) is 5.75 Å². The van der Waals surface area contributed by atoms with Crippen LogP contribution in [0.1, 0.15) is 31.9 Å². The summed E-state index contributed by atoms with van der Waals surface area (Å²) < 4.78 is 5.60. The van der Waals surface area contributed by atoms with Crippen LogP contribution in [0.25, 0.3) is 0 Å². The van der Waals surface area contributed by atoms with Crippen LogP contribution in [-0.4, -0.2) is 13.2 Å². The Morgan fingerprint density at radius 2 is 1.93 bits per heavy atom. The minimum Gasteiger partial charge on any atom is -0.492 e. The van der Waals surface area contributed by atoms with Gasteiger partial charge < -0.3 is 10.5 Å². The lowest BCUT2D eigenvalue weighted by molar-refractivity contribution is 0.325. The molecule has 1 rings (SSSR count). The van der Waals surface area contributed by atoms with Gasteiger partial charge in [-0.3, -0.25) is 0 Å². The van der Waals surface area contributed by atoms with Crippen LogP contribution in [0.5, 0.6) is 5.75 Å². The molecule has 2 heteroatoms. The number of nitrogens with two attached hydrogens (primary N) is 1. The second kappa shape index (κ2) is 4.67. The lowest BCUT2D eigenvalue weighted by Crippen LogP contribution is -2.14. The normalized spacial score (nSPS) is 11.5. The van der Waals surface area contributed by atoms with E-state index in [2.05, 4.69) is 45.9 Å². The molecule has 0 heterocycles. The molecule has 0 aliphatic carbocycles. The lowest BCUT2D eigenvalue weighted by Gasteiger charge is -2.20. The van der Waals surface area contributed by atoms with Crippen LogP contribution < -0.4 is 10.5 Å². The van der Waals surface area contributed by atoms with Crippen molar-refractivity contribution in [2.75, 3.05) is 13.2 Å². The number of benzene rings is 1. The van der Waals surface area contributed by atoms with Gasteiger partial charge in [0.2, 0.25) is 0 Å². The van der Waals surface area contributed by atoms with E-state index >= 15 is 0 Å². The molecule has 0 radical (unpaired) electrons. The molecule has 0 spiro atoms. The molecule has 0 unspecified atom stereocenters. The SMILES string of the molecule is Cc1ccc(C(C)(C)C)cc1OCCN. The van der Waals surface area contributed by atoms with Crippen molar-refractivity contribution in [3.63, 3.8) is 0 Å². The number of hydrogen-bond acceptors (Lipinski definition) is 2. The first kappa shape index (κ1) is 12.1. The maximum Gasteiger partial charge on any atom is 0.122 e. The van der Waals surface area contributed by atoms with E-state index in [4.69, 9.17) is 10.5 Å². The Labute approximate surface area is 92.4 Å². The Morgan fingerprint density at radius 3 is 2.47 bits per heavy atom. The monoisotopic (exact) mass is 207 g/mol. The van der Waals surface area contributed by atoms with E-state index in [0.29, 0.717) is 13.2 Å². The number of rotatable bonds is 3. The Bertz CT molecular complexity index is 326. The van der Waals surface area contributed by atoms with Gasteiger partial charge in [0, 0.05) is 6.54 Å². The maximum absolute atomic E-state index is 5.60. The summed E-state index contributed by atoms with van der Waals surface area (Å²) in [5.74, 6) is 0.952. The van der Waals surface area contributed by atoms with Crippen molar-refractivity contribution in [2.24, 2.45) is 5.73 Å². The smallest absolute Gasteiger partial charge is 0.122 e. The molecule has 2 N–H and O–H groups in total. The molecular weight excluding hydrogens is 186 g/mol. The molecule has 0 saturated heterocycles. The zero-order chi connectivity index (χ0) is 11.5. The molecule has 0 aromatic heterocycles. The fourth-order valence-electron chi connectivity index (χ4n) is 1.39. The molecule has 0 amide bonds. The van der Waals surface area contributed by atoms with Gasteiger partial charge in [-0.1, -0.05) is 32.9 Å². The zero-order valence-corrected chi connectivity index (χ0v) is 10.1. The van der Waals surface area contributed by atoms with Gasteiger partial charge in [-0.25, -0.2) is 0 Å². The fraction of sp³-hybridized carbons (Fsp3) is 0.538. The number of hydrogen-bond donors (Lipinski definition) is 1. The van der Waals surface area contributed by atoms with Crippen LogP contribution in [0.15, 0.2) is 18.2 Å². The van der Waals surface area contributed by atoms with E-state index in [1.165, 1.54) is 5.56 Å². The standard InChI is InChI=1S/C13H21NO/c1-10-5-6-11(13(2,3)4)9-12(10)15-8-7-14/h5-6,9H,7-8,14H2,1-4H3. The van der Waals surface area contributed by atoms with Gasteiger partial charge in [0.15, 0.2) is 0 Å². The summed E-state index contributed by atoms with van der Waals surface area (Å²) in [7, 11) is 0. The summed E-state index contributed by atoms with van der Waals surface area (Å²) in [4.78, 5) is 0. The summed E-state index contributed by atoms with van der Waals surface area (Å²) in [6, 6.07) is 6.38. The van der Waals surface area contributed by atoms with Gasteiger partial charge in [-0.05, 0) is 29.5 Å². The fourth-order valence-corrected chi connectivity index (χ4v) is 1.39. The van der Waals surface area contributed by atoms with Crippen molar-refractivity contribution in [1.29, 1.82) is 0 Å². The van der Waals surface area contributed by atoms with Crippen LogP contribution in [-0.2, 0) is 5.41 Å². The molecule has 0 bridgehead atoms. The van der Waals surface area contributed by atoms with Gasteiger partial charge in [-0.2, -0.15) is 0 Å². The van der Waals surface area contributed by atoms with E-state index < -0.39 is 0 Å². The molecule has 0 aliphatic heterocycles. The van der Waals surface area contributed by atoms with E-state index in [1.807, 2.05) is 0 Å². The highest BCUT2D eigenvalue weighted by Crippen LogP contribution is 2.28. The molecule has 1 aromatic rings. The largest absolute Gasteiger partial charge is 0.492 e. The Morgan fingerprint density at radius 1 is 1.27 bits per heavy atom. The van der Waals surface area contributed by atoms with Gasteiger partial charge in [0.1, 0.15) is 12.4 Å². The van der Waals surface area contributed by atoms with Crippen molar-refractivity contribution >= 4 is 0 Å². The molecule has 15 heavy (non-hydrogen) atoms. The van der Waals surface area contributed by atoms with Crippen molar-refractivity contribution in [1.82, 2.24) is 0 Å². The van der Waals surface area contributed by atoms with Crippen molar-refractivity contribution < 1.29 is 4.74 Å². The first-order valence-electron chi connectivity index (χ1n) is 5.39. The van der Waals surface area contributed by atoms with Gasteiger partial charge in [-0.15, -0.1) is 0 Å². The van der Waals surface area contributed by atoms with Crippen LogP contribution in [0.3, 0.4) is 0 Å².